The summed E-state index contributed by atoms with van der Waals surface area (Å²) in [6.07, 6.45) is 3.11. The van der Waals surface area contributed by atoms with Crippen LogP contribution in [0, 0.1) is 4.77 Å². The Morgan fingerprint density at radius 2 is 1.96 bits per heavy atom. The van der Waals surface area contributed by atoms with Gasteiger partial charge in [0, 0.05) is 10.6 Å². The average Bonchev–Trinajstić information content (AvgIpc) is 3.08. The SMILES string of the molecule is COc1cc(/C=N\n2cn[nH]c2=S)ccc1OCc1c(Cl)ccc(Cl)c1Cl. The number of halogens is 3. The first-order valence-corrected chi connectivity index (χ1v) is 9.13. The van der Waals surface area contributed by atoms with Crippen LogP contribution in [0.4, 0.5) is 0 Å². The smallest absolute Gasteiger partial charge is 0.216 e. The molecule has 1 N–H and O–H groups in total. The molecule has 0 aliphatic rings. The molecular formula is C17H13Cl3N4O2S. The standard InChI is InChI=1S/C17H13Cl3N4O2S/c1-25-15-6-10(7-22-24-9-21-23-17(24)27)2-5-14(15)26-8-11-12(18)3-4-13(19)16(11)20/h2-7,9H,8H2,1H3,(H,23,27)/b22-7-. The molecule has 0 amide bonds. The first-order valence-electron chi connectivity index (χ1n) is 7.59. The minimum atomic E-state index is 0.145. The Balaban J connectivity index is 1.79. The summed E-state index contributed by atoms with van der Waals surface area (Å²) in [4.78, 5) is 0. The van der Waals surface area contributed by atoms with Crippen LogP contribution in [0.2, 0.25) is 15.1 Å². The molecule has 27 heavy (non-hydrogen) atoms. The molecule has 0 fully saturated rings. The van der Waals surface area contributed by atoms with E-state index in [1.807, 2.05) is 6.07 Å². The molecule has 0 atom stereocenters. The lowest BCUT2D eigenvalue weighted by atomic mass is 10.2. The third kappa shape index (κ3) is 4.62. The molecule has 0 radical (unpaired) electrons. The zero-order chi connectivity index (χ0) is 19.4. The van der Waals surface area contributed by atoms with Gasteiger partial charge in [-0.15, -0.1) is 0 Å². The van der Waals surface area contributed by atoms with Gasteiger partial charge in [-0.05, 0) is 48.1 Å². The highest BCUT2D eigenvalue weighted by Crippen LogP contribution is 2.34. The van der Waals surface area contributed by atoms with Gasteiger partial charge in [0.1, 0.15) is 12.9 Å². The lowest BCUT2D eigenvalue weighted by Gasteiger charge is -2.13. The van der Waals surface area contributed by atoms with Gasteiger partial charge >= 0.3 is 0 Å². The Labute approximate surface area is 175 Å². The fraction of sp³-hybridized carbons (Fsp3) is 0.118. The van der Waals surface area contributed by atoms with E-state index in [1.54, 1.807) is 37.6 Å². The molecule has 1 heterocycles. The number of hydrogen-bond donors (Lipinski definition) is 1. The van der Waals surface area contributed by atoms with Gasteiger partial charge in [0.05, 0.1) is 23.4 Å². The van der Waals surface area contributed by atoms with E-state index in [-0.39, 0.29) is 6.61 Å². The number of nitrogens with one attached hydrogen (secondary N) is 1. The molecule has 0 aliphatic carbocycles. The molecule has 140 valence electrons. The summed E-state index contributed by atoms with van der Waals surface area (Å²) in [6.45, 7) is 0.145. The zero-order valence-electron chi connectivity index (χ0n) is 13.9. The van der Waals surface area contributed by atoms with Crippen molar-refractivity contribution < 1.29 is 9.47 Å². The molecule has 3 rings (SSSR count). The molecule has 2 aromatic carbocycles. The van der Waals surface area contributed by atoms with E-state index in [1.165, 1.54) is 11.0 Å². The van der Waals surface area contributed by atoms with Gasteiger partial charge in [0.15, 0.2) is 11.5 Å². The molecule has 0 unspecified atom stereocenters. The molecule has 0 saturated heterocycles. The average molecular weight is 444 g/mol. The van der Waals surface area contributed by atoms with Crippen LogP contribution in [-0.4, -0.2) is 28.2 Å². The summed E-state index contributed by atoms with van der Waals surface area (Å²) in [5, 5.41) is 11.9. The molecule has 0 spiro atoms. The number of nitrogens with zero attached hydrogens (tertiary/aromatic N) is 3. The maximum atomic E-state index is 6.20. The Kier molecular flexibility index (Phi) is 6.38. The van der Waals surface area contributed by atoms with Crippen molar-refractivity contribution in [3.05, 3.63) is 67.6 Å². The van der Waals surface area contributed by atoms with Crippen LogP contribution in [-0.2, 0) is 6.61 Å². The maximum Gasteiger partial charge on any atom is 0.216 e. The Hall–Kier alpha value is -2.06. The van der Waals surface area contributed by atoms with E-state index in [4.69, 9.17) is 56.5 Å². The van der Waals surface area contributed by atoms with Gasteiger partial charge in [0.2, 0.25) is 4.77 Å². The minimum absolute atomic E-state index is 0.145. The first-order chi connectivity index (χ1) is 13.0. The summed E-state index contributed by atoms with van der Waals surface area (Å²) in [5.41, 5.74) is 1.40. The minimum Gasteiger partial charge on any atom is -0.493 e. The quantitative estimate of drug-likeness (QED) is 0.316. The lowest BCUT2D eigenvalue weighted by Crippen LogP contribution is -2.00. The van der Waals surface area contributed by atoms with E-state index in [0.717, 1.165) is 5.56 Å². The van der Waals surface area contributed by atoms with Gasteiger partial charge in [0.25, 0.3) is 0 Å². The molecule has 1 aromatic heterocycles. The molecule has 0 aliphatic heterocycles. The van der Waals surface area contributed by atoms with Crippen molar-refractivity contribution in [3.63, 3.8) is 0 Å². The van der Waals surface area contributed by atoms with Crippen molar-refractivity contribution in [1.29, 1.82) is 0 Å². The van der Waals surface area contributed by atoms with Crippen LogP contribution in [0.25, 0.3) is 0 Å². The topological polar surface area (TPSA) is 64.4 Å². The Bertz CT molecular complexity index is 1050. The highest BCUT2D eigenvalue weighted by atomic mass is 35.5. The molecule has 10 heteroatoms. The normalized spacial score (nSPS) is 11.1. The number of hydrogen-bond acceptors (Lipinski definition) is 5. The van der Waals surface area contributed by atoms with Gasteiger partial charge < -0.3 is 9.47 Å². The number of aromatic nitrogens is 3. The van der Waals surface area contributed by atoms with E-state index >= 15 is 0 Å². The summed E-state index contributed by atoms with van der Waals surface area (Å²) in [7, 11) is 1.55. The largest absolute Gasteiger partial charge is 0.493 e. The monoisotopic (exact) mass is 442 g/mol. The lowest BCUT2D eigenvalue weighted by molar-refractivity contribution is 0.284. The van der Waals surface area contributed by atoms with Crippen LogP contribution in [0.5, 0.6) is 11.5 Å². The summed E-state index contributed by atoms with van der Waals surface area (Å²) >= 11 is 23.5. The molecule has 0 bridgehead atoms. The van der Waals surface area contributed by atoms with Gasteiger partial charge in [-0.1, -0.05) is 34.8 Å². The summed E-state index contributed by atoms with van der Waals surface area (Å²) in [5.74, 6) is 1.06. The molecule has 6 nitrogen and oxygen atoms in total. The van der Waals surface area contributed by atoms with Crippen molar-refractivity contribution >= 4 is 53.2 Å². The predicted molar refractivity (Wildman–Crippen MR) is 109 cm³/mol. The summed E-state index contributed by atoms with van der Waals surface area (Å²) in [6, 6.07) is 8.68. The van der Waals surface area contributed by atoms with Crippen molar-refractivity contribution in [2.24, 2.45) is 5.10 Å². The predicted octanol–water partition coefficient (Wildman–Crippen LogP) is 5.37. The summed E-state index contributed by atoms with van der Waals surface area (Å²) < 4.78 is 13.1. The van der Waals surface area contributed by atoms with Crippen LogP contribution >= 0.6 is 47.0 Å². The Morgan fingerprint density at radius 3 is 2.67 bits per heavy atom. The van der Waals surface area contributed by atoms with Crippen molar-refractivity contribution in [2.75, 3.05) is 7.11 Å². The number of methoxy groups -OCH3 is 1. The molecular weight excluding hydrogens is 431 g/mol. The maximum absolute atomic E-state index is 6.20. The number of aromatic amines is 1. The highest BCUT2D eigenvalue weighted by Gasteiger charge is 2.12. The van der Waals surface area contributed by atoms with Crippen molar-refractivity contribution in [3.8, 4) is 11.5 Å². The second-order valence-corrected chi connectivity index (χ2v) is 6.85. The van der Waals surface area contributed by atoms with Crippen LogP contribution in [0.15, 0.2) is 41.8 Å². The van der Waals surface area contributed by atoms with Crippen LogP contribution < -0.4 is 9.47 Å². The highest BCUT2D eigenvalue weighted by molar-refractivity contribution is 7.71. The van der Waals surface area contributed by atoms with E-state index in [2.05, 4.69) is 15.3 Å². The number of ether oxygens (including phenoxy) is 2. The van der Waals surface area contributed by atoms with Gasteiger partial charge in [-0.2, -0.15) is 14.9 Å². The van der Waals surface area contributed by atoms with Gasteiger partial charge in [-0.3, -0.25) is 5.10 Å². The third-order valence-electron chi connectivity index (χ3n) is 3.57. The number of H-pyrrole nitrogens is 1. The fourth-order valence-electron chi connectivity index (χ4n) is 2.19. The first kappa shape index (κ1) is 19.7. The second-order valence-electron chi connectivity index (χ2n) is 5.27. The van der Waals surface area contributed by atoms with Crippen LogP contribution in [0.1, 0.15) is 11.1 Å². The van der Waals surface area contributed by atoms with Gasteiger partial charge in [-0.25, -0.2) is 0 Å². The zero-order valence-corrected chi connectivity index (χ0v) is 17.0. The molecule has 3 aromatic rings. The fourth-order valence-corrected chi connectivity index (χ4v) is 2.99. The van der Waals surface area contributed by atoms with E-state index in [9.17, 15) is 0 Å². The van der Waals surface area contributed by atoms with Crippen LogP contribution in [0.3, 0.4) is 0 Å². The third-order valence-corrected chi connectivity index (χ3v) is 5.04. The number of rotatable bonds is 6. The van der Waals surface area contributed by atoms with Crippen molar-refractivity contribution in [2.45, 2.75) is 6.61 Å². The second kappa shape index (κ2) is 8.75. The van der Waals surface area contributed by atoms with Crippen molar-refractivity contribution in [1.82, 2.24) is 14.9 Å². The van der Waals surface area contributed by atoms with E-state index in [0.29, 0.717) is 36.9 Å². The number of benzene rings is 2. The molecule has 0 saturated carbocycles. The van der Waals surface area contributed by atoms with E-state index < -0.39 is 0 Å². The Morgan fingerprint density at radius 1 is 1.19 bits per heavy atom.